The summed E-state index contributed by atoms with van der Waals surface area (Å²) in [4.78, 5) is 14.7. The number of hydrogen-bond acceptors (Lipinski definition) is 4. The van der Waals surface area contributed by atoms with Gasteiger partial charge in [0.05, 0.1) is 0 Å². The molecule has 0 fully saturated rings. The molecule has 2 rings (SSSR count). The maximum atomic E-state index is 14.1. The Bertz CT molecular complexity index is 942. The molecule has 0 radical (unpaired) electrons. The van der Waals surface area contributed by atoms with Crippen LogP contribution in [0.2, 0.25) is 0 Å². The van der Waals surface area contributed by atoms with Crippen molar-refractivity contribution >= 4 is 15.9 Å². The lowest BCUT2D eigenvalue weighted by molar-refractivity contribution is -0.122. The van der Waals surface area contributed by atoms with E-state index in [9.17, 15) is 17.6 Å². The molecule has 170 valence electrons. The molecule has 1 unspecified atom stereocenters. The molecule has 0 spiro atoms. The van der Waals surface area contributed by atoms with Gasteiger partial charge < -0.3 is 5.32 Å². The Morgan fingerprint density at radius 2 is 1.55 bits per heavy atom. The van der Waals surface area contributed by atoms with E-state index in [1.807, 2.05) is 30.3 Å². The summed E-state index contributed by atoms with van der Waals surface area (Å²) in [6.07, 6.45) is 0.151. The number of benzene rings is 2. The molecule has 1 atom stereocenters. The molecule has 0 aliphatic carbocycles. The number of rotatable bonds is 11. The van der Waals surface area contributed by atoms with Gasteiger partial charge in [-0.15, -0.1) is 0 Å². The van der Waals surface area contributed by atoms with Crippen molar-refractivity contribution in [3.05, 3.63) is 66.0 Å². The molecule has 2 aromatic rings. The largest absolute Gasteiger partial charge is 0.353 e. The van der Waals surface area contributed by atoms with E-state index < -0.39 is 32.7 Å². The van der Waals surface area contributed by atoms with Gasteiger partial charge in [-0.25, -0.2) is 12.8 Å². The summed E-state index contributed by atoms with van der Waals surface area (Å²) in [7, 11) is -4.22. The lowest BCUT2D eigenvalue weighted by Crippen LogP contribution is -2.50. The summed E-state index contributed by atoms with van der Waals surface area (Å²) >= 11 is 0. The zero-order valence-corrected chi connectivity index (χ0v) is 19.3. The lowest BCUT2D eigenvalue weighted by Gasteiger charge is -2.30. The lowest BCUT2D eigenvalue weighted by atomic mass is 10.1. The second-order valence-corrected chi connectivity index (χ2v) is 9.69. The third-order valence-electron chi connectivity index (χ3n) is 5.02. The topological polar surface area (TPSA) is 78.5 Å². The summed E-state index contributed by atoms with van der Waals surface area (Å²) in [5.74, 6) is -1.31. The molecule has 6 nitrogen and oxygen atoms in total. The van der Waals surface area contributed by atoms with Crippen LogP contribution in [0, 0.1) is 5.82 Å². The van der Waals surface area contributed by atoms with E-state index in [0.29, 0.717) is 25.2 Å². The van der Waals surface area contributed by atoms with Crippen LogP contribution in [-0.2, 0) is 21.2 Å². The van der Waals surface area contributed by atoms with Crippen molar-refractivity contribution in [2.45, 2.75) is 57.1 Å². The molecule has 0 saturated heterocycles. The second-order valence-electron chi connectivity index (χ2n) is 8.01. The molecule has 0 bridgehead atoms. The highest BCUT2D eigenvalue weighted by atomic mass is 32.2. The van der Waals surface area contributed by atoms with Crippen molar-refractivity contribution in [2.24, 2.45) is 0 Å². The first-order valence-corrected chi connectivity index (χ1v) is 11.9. The second kappa shape index (κ2) is 11.4. The molecule has 0 aliphatic heterocycles. The predicted octanol–water partition coefficient (Wildman–Crippen LogP) is 2.95. The van der Waals surface area contributed by atoms with Gasteiger partial charge in [0.1, 0.15) is 16.8 Å². The van der Waals surface area contributed by atoms with Crippen LogP contribution in [0.15, 0.2) is 59.5 Å². The normalized spacial score (nSPS) is 13.0. The Morgan fingerprint density at radius 3 is 2.13 bits per heavy atom. The maximum Gasteiger partial charge on any atom is 0.244 e. The zero-order valence-electron chi connectivity index (χ0n) is 18.5. The van der Waals surface area contributed by atoms with E-state index in [0.717, 1.165) is 11.6 Å². The summed E-state index contributed by atoms with van der Waals surface area (Å²) in [6, 6.07) is 13.8. The van der Waals surface area contributed by atoms with Crippen LogP contribution >= 0.6 is 0 Å². The first-order chi connectivity index (χ1) is 14.6. The molecule has 0 aliphatic rings. The number of carbonyl (C=O) groups excluding carboxylic acids is 1. The SMILES string of the molecule is CC(C)N(CCNC(=O)C(Cc1ccccc1)NS(=O)(=O)c1ccccc1F)C(C)C. The van der Waals surface area contributed by atoms with E-state index >= 15 is 0 Å². The fourth-order valence-electron chi connectivity index (χ4n) is 3.50. The van der Waals surface area contributed by atoms with Gasteiger partial charge in [-0.1, -0.05) is 42.5 Å². The predicted molar refractivity (Wildman–Crippen MR) is 121 cm³/mol. The van der Waals surface area contributed by atoms with Crippen molar-refractivity contribution < 1.29 is 17.6 Å². The molecular weight excluding hydrogens is 417 g/mol. The van der Waals surface area contributed by atoms with E-state index in [2.05, 4.69) is 42.6 Å². The summed E-state index contributed by atoms with van der Waals surface area (Å²) in [5.41, 5.74) is 0.796. The summed E-state index contributed by atoms with van der Waals surface area (Å²) in [6.45, 7) is 9.36. The van der Waals surface area contributed by atoms with Gasteiger partial charge in [-0.05, 0) is 51.8 Å². The van der Waals surface area contributed by atoms with Crippen LogP contribution in [0.4, 0.5) is 4.39 Å². The fraction of sp³-hybridized carbons (Fsp3) is 0.435. The smallest absolute Gasteiger partial charge is 0.244 e. The average Bonchev–Trinajstić information content (AvgIpc) is 2.70. The average molecular weight is 450 g/mol. The quantitative estimate of drug-likeness (QED) is 0.553. The van der Waals surface area contributed by atoms with Crippen LogP contribution in [0.25, 0.3) is 0 Å². The number of nitrogens with zero attached hydrogens (tertiary/aromatic N) is 1. The molecule has 2 N–H and O–H groups in total. The number of carbonyl (C=O) groups is 1. The molecule has 8 heteroatoms. The third-order valence-corrected chi connectivity index (χ3v) is 6.52. The van der Waals surface area contributed by atoms with Crippen molar-refractivity contribution in [3.8, 4) is 0 Å². The van der Waals surface area contributed by atoms with Crippen LogP contribution < -0.4 is 10.0 Å². The Hall–Kier alpha value is -2.29. The zero-order chi connectivity index (χ0) is 23.0. The fourth-order valence-corrected chi connectivity index (χ4v) is 4.77. The Morgan fingerprint density at radius 1 is 0.968 bits per heavy atom. The van der Waals surface area contributed by atoms with Crippen molar-refractivity contribution in [1.29, 1.82) is 0 Å². The van der Waals surface area contributed by atoms with Crippen LogP contribution in [0.5, 0.6) is 0 Å². The van der Waals surface area contributed by atoms with Crippen molar-refractivity contribution in [3.63, 3.8) is 0 Å². The van der Waals surface area contributed by atoms with Gasteiger partial charge >= 0.3 is 0 Å². The molecule has 0 heterocycles. The minimum Gasteiger partial charge on any atom is -0.353 e. The number of nitrogens with one attached hydrogen (secondary N) is 2. The van der Waals surface area contributed by atoms with Gasteiger partial charge in [-0.3, -0.25) is 9.69 Å². The molecule has 0 aromatic heterocycles. The van der Waals surface area contributed by atoms with E-state index in [4.69, 9.17) is 0 Å². The monoisotopic (exact) mass is 449 g/mol. The maximum absolute atomic E-state index is 14.1. The summed E-state index contributed by atoms with van der Waals surface area (Å²) < 4.78 is 42.0. The van der Waals surface area contributed by atoms with Crippen LogP contribution in [0.1, 0.15) is 33.3 Å². The van der Waals surface area contributed by atoms with Gasteiger partial charge in [-0.2, -0.15) is 4.72 Å². The third kappa shape index (κ3) is 7.41. The standard InChI is InChI=1S/C23H32FN3O3S/c1-17(2)27(18(3)4)15-14-25-23(28)21(16-19-10-6-5-7-11-19)26-31(29,30)22-13-9-8-12-20(22)24/h5-13,17-18,21,26H,14-16H2,1-4H3,(H,25,28). The Kier molecular flexibility index (Phi) is 9.15. The Labute approximate surface area is 184 Å². The number of halogens is 1. The molecular formula is C23H32FN3O3S. The molecule has 0 saturated carbocycles. The number of sulfonamides is 1. The highest BCUT2D eigenvalue weighted by Crippen LogP contribution is 2.15. The van der Waals surface area contributed by atoms with E-state index in [1.54, 1.807) is 0 Å². The highest BCUT2D eigenvalue weighted by molar-refractivity contribution is 7.89. The minimum absolute atomic E-state index is 0.151. The van der Waals surface area contributed by atoms with E-state index in [-0.39, 0.29) is 6.42 Å². The van der Waals surface area contributed by atoms with Gasteiger partial charge in [0.2, 0.25) is 15.9 Å². The Balaban J connectivity index is 2.16. The molecule has 31 heavy (non-hydrogen) atoms. The first kappa shape index (κ1) is 25.0. The van der Waals surface area contributed by atoms with Crippen molar-refractivity contribution in [1.82, 2.24) is 14.9 Å². The van der Waals surface area contributed by atoms with Crippen LogP contribution in [-0.4, -0.2) is 50.4 Å². The number of hydrogen-bond donors (Lipinski definition) is 2. The van der Waals surface area contributed by atoms with E-state index in [1.165, 1.54) is 18.2 Å². The first-order valence-electron chi connectivity index (χ1n) is 10.5. The van der Waals surface area contributed by atoms with Gasteiger partial charge in [0.25, 0.3) is 0 Å². The summed E-state index contributed by atoms with van der Waals surface area (Å²) in [5, 5.41) is 2.83. The van der Waals surface area contributed by atoms with Crippen LogP contribution in [0.3, 0.4) is 0 Å². The number of amides is 1. The molecule has 2 aromatic carbocycles. The minimum atomic E-state index is -4.22. The molecule has 1 amide bonds. The highest BCUT2D eigenvalue weighted by Gasteiger charge is 2.28. The van der Waals surface area contributed by atoms with Gasteiger partial charge in [0, 0.05) is 25.2 Å². The van der Waals surface area contributed by atoms with Gasteiger partial charge in [0.15, 0.2) is 0 Å². The van der Waals surface area contributed by atoms with Crippen molar-refractivity contribution in [2.75, 3.05) is 13.1 Å².